The van der Waals surface area contributed by atoms with Crippen LogP contribution in [0.2, 0.25) is 0 Å². The molecule has 0 spiro atoms. The van der Waals surface area contributed by atoms with Gasteiger partial charge in [0.15, 0.2) is 11.5 Å². The molecular formula is C19H22BrNO4. The van der Waals surface area contributed by atoms with Gasteiger partial charge in [-0.25, -0.2) is 0 Å². The number of carbonyl (C=O) groups excluding carboxylic acids is 1. The lowest BCUT2D eigenvalue weighted by Crippen LogP contribution is -2.14. The molecule has 1 aliphatic rings. The van der Waals surface area contributed by atoms with Crippen molar-refractivity contribution in [2.24, 2.45) is 0 Å². The molecule has 1 saturated carbocycles. The second-order valence-electron chi connectivity index (χ2n) is 6.25. The zero-order valence-corrected chi connectivity index (χ0v) is 16.2. The summed E-state index contributed by atoms with van der Waals surface area (Å²) in [6.07, 6.45) is 4.71. The van der Waals surface area contributed by atoms with Crippen LogP contribution in [0.1, 0.15) is 47.6 Å². The number of methoxy groups -OCH3 is 1. The predicted octanol–water partition coefficient (Wildman–Crippen LogP) is 5.24. The highest BCUT2D eigenvalue weighted by molar-refractivity contribution is 9.10. The Morgan fingerprint density at radius 2 is 1.92 bits per heavy atom. The van der Waals surface area contributed by atoms with E-state index in [4.69, 9.17) is 13.9 Å². The van der Waals surface area contributed by atoms with E-state index in [1.165, 1.54) is 12.8 Å². The van der Waals surface area contributed by atoms with Crippen LogP contribution in [0, 0.1) is 13.8 Å². The van der Waals surface area contributed by atoms with Gasteiger partial charge in [0.2, 0.25) is 0 Å². The topological polar surface area (TPSA) is 60.7 Å². The number of hydrogen-bond donors (Lipinski definition) is 1. The fraction of sp³-hybridized carbons (Fsp3) is 0.421. The summed E-state index contributed by atoms with van der Waals surface area (Å²) in [5.41, 5.74) is 1.16. The van der Waals surface area contributed by atoms with Gasteiger partial charge in [-0.05, 0) is 67.6 Å². The average molecular weight is 408 g/mol. The molecular weight excluding hydrogens is 386 g/mol. The molecule has 25 heavy (non-hydrogen) atoms. The van der Waals surface area contributed by atoms with Crippen LogP contribution in [0.3, 0.4) is 0 Å². The number of halogens is 1. The highest BCUT2D eigenvalue weighted by Gasteiger charge is 2.21. The third-order valence-corrected chi connectivity index (χ3v) is 5.39. The maximum Gasteiger partial charge on any atom is 0.260 e. The van der Waals surface area contributed by atoms with Crippen LogP contribution in [0.15, 0.2) is 27.1 Å². The zero-order valence-electron chi connectivity index (χ0n) is 14.6. The number of nitrogens with one attached hydrogen (secondary N) is 1. The summed E-state index contributed by atoms with van der Waals surface area (Å²) in [5, 5.41) is 2.91. The van der Waals surface area contributed by atoms with Crippen LogP contribution < -0.4 is 14.8 Å². The Bertz CT molecular complexity index is 778. The van der Waals surface area contributed by atoms with Gasteiger partial charge < -0.3 is 19.2 Å². The molecule has 0 bridgehead atoms. The smallest absolute Gasteiger partial charge is 0.260 e. The van der Waals surface area contributed by atoms with Gasteiger partial charge in [-0.1, -0.05) is 0 Å². The normalized spacial score (nSPS) is 14.6. The van der Waals surface area contributed by atoms with E-state index in [9.17, 15) is 4.79 Å². The van der Waals surface area contributed by atoms with Crippen LogP contribution in [0.25, 0.3) is 0 Å². The fourth-order valence-corrected chi connectivity index (χ4v) is 3.68. The fourth-order valence-electron chi connectivity index (χ4n) is 3.14. The Labute approximate surface area is 155 Å². The SMILES string of the molecule is COc1ccc(NC(=O)c2c(C)oc(C)c2Br)cc1OC1CCCC1. The summed E-state index contributed by atoms with van der Waals surface area (Å²) in [5.74, 6) is 2.37. The maximum absolute atomic E-state index is 12.6. The number of benzene rings is 1. The van der Waals surface area contributed by atoms with E-state index in [2.05, 4.69) is 21.2 Å². The molecule has 2 aromatic rings. The van der Waals surface area contributed by atoms with Crippen LogP contribution in [-0.2, 0) is 0 Å². The first-order valence-electron chi connectivity index (χ1n) is 8.41. The van der Waals surface area contributed by atoms with E-state index in [0.717, 1.165) is 12.8 Å². The summed E-state index contributed by atoms with van der Waals surface area (Å²) in [6, 6.07) is 5.42. The van der Waals surface area contributed by atoms with Crippen molar-refractivity contribution >= 4 is 27.5 Å². The second kappa shape index (κ2) is 7.52. The summed E-state index contributed by atoms with van der Waals surface area (Å²) in [6.45, 7) is 3.59. The van der Waals surface area contributed by atoms with Crippen molar-refractivity contribution in [3.63, 3.8) is 0 Å². The lowest BCUT2D eigenvalue weighted by Gasteiger charge is -2.17. The molecule has 5 nitrogen and oxygen atoms in total. The first-order valence-corrected chi connectivity index (χ1v) is 9.20. The van der Waals surface area contributed by atoms with E-state index in [1.54, 1.807) is 20.1 Å². The van der Waals surface area contributed by atoms with E-state index < -0.39 is 0 Å². The van der Waals surface area contributed by atoms with Gasteiger partial charge in [0.05, 0.1) is 23.2 Å². The molecule has 1 N–H and O–H groups in total. The number of ether oxygens (including phenoxy) is 2. The van der Waals surface area contributed by atoms with Crippen molar-refractivity contribution < 1.29 is 18.7 Å². The highest BCUT2D eigenvalue weighted by Crippen LogP contribution is 2.34. The highest BCUT2D eigenvalue weighted by atomic mass is 79.9. The Hall–Kier alpha value is -1.95. The van der Waals surface area contributed by atoms with Crippen LogP contribution in [-0.4, -0.2) is 19.1 Å². The summed E-state index contributed by atoms with van der Waals surface area (Å²) in [7, 11) is 1.61. The molecule has 1 aromatic heterocycles. The van der Waals surface area contributed by atoms with Gasteiger partial charge >= 0.3 is 0 Å². The predicted molar refractivity (Wildman–Crippen MR) is 99.7 cm³/mol. The lowest BCUT2D eigenvalue weighted by atomic mass is 10.2. The van der Waals surface area contributed by atoms with Crippen LogP contribution in [0.5, 0.6) is 11.5 Å². The maximum atomic E-state index is 12.6. The second-order valence-corrected chi connectivity index (χ2v) is 7.04. The molecule has 0 unspecified atom stereocenters. The van der Waals surface area contributed by atoms with Crippen molar-refractivity contribution in [3.8, 4) is 11.5 Å². The average Bonchev–Trinajstić information content (AvgIpc) is 3.16. The third kappa shape index (κ3) is 3.84. The van der Waals surface area contributed by atoms with Gasteiger partial charge in [0.1, 0.15) is 11.5 Å². The summed E-state index contributed by atoms with van der Waals surface area (Å²) < 4.78 is 17.6. The Morgan fingerprint density at radius 3 is 2.52 bits per heavy atom. The van der Waals surface area contributed by atoms with Crippen LogP contribution >= 0.6 is 15.9 Å². The number of rotatable bonds is 5. The quantitative estimate of drug-likeness (QED) is 0.735. The number of hydrogen-bond acceptors (Lipinski definition) is 4. The monoisotopic (exact) mass is 407 g/mol. The van der Waals surface area contributed by atoms with Crippen LogP contribution in [0.4, 0.5) is 5.69 Å². The molecule has 0 saturated heterocycles. The molecule has 0 aliphatic heterocycles. The molecule has 1 fully saturated rings. The Kier molecular flexibility index (Phi) is 5.37. The molecule has 1 heterocycles. The number of furan rings is 1. The minimum absolute atomic E-state index is 0.216. The molecule has 1 amide bonds. The Morgan fingerprint density at radius 1 is 1.20 bits per heavy atom. The molecule has 134 valence electrons. The van der Waals surface area contributed by atoms with E-state index in [-0.39, 0.29) is 12.0 Å². The van der Waals surface area contributed by atoms with Crippen molar-refractivity contribution in [2.45, 2.75) is 45.6 Å². The lowest BCUT2D eigenvalue weighted by molar-refractivity contribution is 0.102. The number of carbonyl (C=O) groups is 1. The molecule has 0 atom stereocenters. The summed E-state index contributed by atoms with van der Waals surface area (Å²) >= 11 is 3.41. The van der Waals surface area contributed by atoms with Crippen molar-refractivity contribution in [1.29, 1.82) is 0 Å². The minimum Gasteiger partial charge on any atom is -0.493 e. The standard InChI is InChI=1S/C19H22BrNO4/c1-11-17(18(20)12(2)24-11)19(22)21-13-8-9-15(23-3)16(10-13)25-14-6-4-5-7-14/h8-10,14H,4-7H2,1-3H3,(H,21,22). The van der Waals surface area contributed by atoms with Crippen molar-refractivity contribution in [2.75, 3.05) is 12.4 Å². The minimum atomic E-state index is -0.224. The van der Waals surface area contributed by atoms with Gasteiger partial charge in [0, 0.05) is 11.8 Å². The van der Waals surface area contributed by atoms with Gasteiger partial charge in [0.25, 0.3) is 5.91 Å². The van der Waals surface area contributed by atoms with Gasteiger partial charge in [-0.15, -0.1) is 0 Å². The number of aryl methyl sites for hydroxylation is 2. The number of amides is 1. The third-order valence-electron chi connectivity index (χ3n) is 4.43. The number of anilines is 1. The van der Waals surface area contributed by atoms with Crippen molar-refractivity contribution in [1.82, 2.24) is 0 Å². The first kappa shape index (κ1) is 17.9. The first-order chi connectivity index (χ1) is 12.0. The largest absolute Gasteiger partial charge is 0.493 e. The Balaban J connectivity index is 1.81. The van der Waals surface area contributed by atoms with Gasteiger partial charge in [-0.3, -0.25) is 4.79 Å². The molecule has 3 rings (SSSR count). The summed E-state index contributed by atoms with van der Waals surface area (Å²) in [4.78, 5) is 12.6. The van der Waals surface area contributed by atoms with E-state index in [0.29, 0.717) is 38.7 Å². The molecule has 1 aromatic carbocycles. The molecule has 1 aliphatic carbocycles. The molecule has 6 heteroatoms. The molecule has 0 radical (unpaired) electrons. The van der Waals surface area contributed by atoms with E-state index >= 15 is 0 Å². The van der Waals surface area contributed by atoms with Gasteiger partial charge in [-0.2, -0.15) is 0 Å². The van der Waals surface area contributed by atoms with E-state index in [1.807, 2.05) is 19.1 Å². The zero-order chi connectivity index (χ0) is 18.0. The van der Waals surface area contributed by atoms with Crippen molar-refractivity contribution in [3.05, 3.63) is 39.8 Å².